The zero-order chi connectivity index (χ0) is 24.4. The van der Waals surface area contributed by atoms with Crippen molar-refractivity contribution in [2.75, 3.05) is 26.6 Å². The molecule has 2 aromatic carbocycles. The average molecular weight is 457 g/mol. The first-order valence-electron chi connectivity index (χ1n) is 11.0. The van der Waals surface area contributed by atoms with Crippen LogP contribution in [0.25, 0.3) is 0 Å². The Kier molecular flexibility index (Phi) is 9.72. The van der Waals surface area contributed by atoms with E-state index in [0.717, 1.165) is 19.3 Å². The molecule has 1 atom stereocenters. The van der Waals surface area contributed by atoms with Gasteiger partial charge in [0, 0.05) is 19.5 Å². The molecule has 0 fully saturated rings. The lowest BCUT2D eigenvalue weighted by atomic mass is 9.88. The largest absolute Gasteiger partial charge is 0.496 e. The first-order chi connectivity index (χ1) is 15.9. The summed E-state index contributed by atoms with van der Waals surface area (Å²) in [5, 5.41) is 15.0. The number of benzene rings is 2. The Balaban J connectivity index is 2.38. The first kappa shape index (κ1) is 25.7. The standard InChI is InChI=1S/C25H32N2O6/c1-5-6-7-10-16(18-14-19(25(30)31)22(33-4)15-21(18)32-3)13-23(28)27-20-12-9-8-11-17(20)24(29)26-2/h8-9,11-12,14-16H,5-7,10,13H2,1-4H3,(H,26,29)(H,27,28)(H,30,31). The molecule has 0 saturated heterocycles. The number of rotatable bonds is 12. The molecule has 0 bridgehead atoms. The highest BCUT2D eigenvalue weighted by molar-refractivity contribution is 6.03. The number of aromatic carboxylic acids is 1. The number of unbranched alkanes of at least 4 members (excludes halogenated alkanes) is 2. The molecule has 3 N–H and O–H groups in total. The summed E-state index contributed by atoms with van der Waals surface area (Å²) in [6, 6.07) is 9.85. The summed E-state index contributed by atoms with van der Waals surface area (Å²) in [6.45, 7) is 2.09. The third kappa shape index (κ3) is 6.71. The quantitative estimate of drug-likeness (QED) is 0.407. The zero-order valence-corrected chi connectivity index (χ0v) is 19.6. The van der Waals surface area contributed by atoms with Gasteiger partial charge in [-0.05, 0) is 36.1 Å². The Hall–Kier alpha value is -3.55. The van der Waals surface area contributed by atoms with E-state index in [9.17, 15) is 19.5 Å². The molecule has 178 valence electrons. The van der Waals surface area contributed by atoms with Gasteiger partial charge in [-0.3, -0.25) is 9.59 Å². The summed E-state index contributed by atoms with van der Waals surface area (Å²) in [7, 11) is 4.43. The smallest absolute Gasteiger partial charge is 0.339 e. The topological polar surface area (TPSA) is 114 Å². The summed E-state index contributed by atoms with van der Waals surface area (Å²) >= 11 is 0. The van der Waals surface area contributed by atoms with Crippen LogP contribution < -0.4 is 20.1 Å². The van der Waals surface area contributed by atoms with Gasteiger partial charge in [0.15, 0.2) is 0 Å². The molecule has 0 saturated carbocycles. The van der Waals surface area contributed by atoms with Gasteiger partial charge in [0.25, 0.3) is 5.91 Å². The van der Waals surface area contributed by atoms with Crippen molar-refractivity contribution in [1.29, 1.82) is 0 Å². The number of ether oxygens (including phenoxy) is 2. The number of hydrogen-bond donors (Lipinski definition) is 3. The Bertz CT molecular complexity index is 989. The van der Waals surface area contributed by atoms with Crippen LogP contribution in [0.15, 0.2) is 36.4 Å². The van der Waals surface area contributed by atoms with E-state index in [1.165, 1.54) is 27.3 Å². The Morgan fingerprint density at radius 1 is 1.00 bits per heavy atom. The molecule has 8 heteroatoms. The summed E-state index contributed by atoms with van der Waals surface area (Å²) in [4.78, 5) is 36.9. The molecular formula is C25H32N2O6. The highest BCUT2D eigenvalue weighted by atomic mass is 16.5. The van der Waals surface area contributed by atoms with E-state index in [-0.39, 0.29) is 35.5 Å². The van der Waals surface area contributed by atoms with Crippen molar-refractivity contribution in [2.45, 2.75) is 44.9 Å². The summed E-state index contributed by atoms with van der Waals surface area (Å²) in [5.74, 6) is -1.30. The number of carbonyl (C=O) groups is 3. The van der Waals surface area contributed by atoms with Crippen LogP contribution in [0.4, 0.5) is 5.69 Å². The van der Waals surface area contributed by atoms with Crippen molar-refractivity contribution >= 4 is 23.5 Å². The van der Waals surface area contributed by atoms with Crippen molar-refractivity contribution in [2.24, 2.45) is 0 Å². The Labute approximate surface area is 194 Å². The van der Waals surface area contributed by atoms with Gasteiger partial charge in [-0.25, -0.2) is 4.79 Å². The van der Waals surface area contributed by atoms with E-state index in [2.05, 4.69) is 17.6 Å². The molecule has 8 nitrogen and oxygen atoms in total. The van der Waals surface area contributed by atoms with E-state index in [1.807, 2.05) is 0 Å². The number of anilines is 1. The van der Waals surface area contributed by atoms with Crippen molar-refractivity contribution < 1.29 is 29.0 Å². The highest BCUT2D eigenvalue weighted by Gasteiger charge is 2.24. The van der Waals surface area contributed by atoms with Crippen LogP contribution in [0.1, 0.15) is 71.2 Å². The van der Waals surface area contributed by atoms with Crippen LogP contribution >= 0.6 is 0 Å². The van der Waals surface area contributed by atoms with Crippen molar-refractivity contribution in [3.63, 3.8) is 0 Å². The van der Waals surface area contributed by atoms with Crippen LogP contribution in [0.3, 0.4) is 0 Å². The van der Waals surface area contributed by atoms with Crippen LogP contribution in [-0.2, 0) is 4.79 Å². The van der Waals surface area contributed by atoms with Gasteiger partial charge in [0.2, 0.25) is 5.91 Å². The molecule has 2 rings (SSSR count). The first-order valence-corrected chi connectivity index (χ1v) is 11.0. The molecule has 0 aliphatic rings. The van der Waals surface area contributed by atoms with Gasteiger partial charge in [-0.15, -0.1) is 0 Å². The number of carbonyl (C=O) groups excluding carboxylic acids is 2. The molecule has 2 aromatic rings. The predicted octanol–water partition coefficient (Wildman–Crippen LogP) is 4.45. The van der Waals surface area contributed by atoms with Gasteiger partial charge in [-0.2, -0.15) is 0 Å². The van der Waals surface area contributed by atoms with Gasteiger partial charge < -0.3 is 25.2 Å². The van der Waals surface area contributed by atoms with Crippen LogP contribution in [0.5, 0.6) is 11.5 Å². The van der Waals surface area contributed by atoms with Crippen LogP contribution in [0.2, 0.25) is 0 Å². The Morgan fingerprint density at radius 2 is 1.70 bits per heavy atom. The maximum Gasteiger partial charge on any atom is 0.339 e. The third-order valence-corrected chi connectivity index (χ3v) is 5.48. The normalized spacial score (nSPS) is 11.4. The molecule has 0 heterocycles. The lowest BCUT2D eigenvalue weighted by Crippen LogP contribution is -2.22. The monoisotopic (exact) mass is 456 g/mol. The van der Waals surface area contributed by atoms with Crippen LogP contribution in [-0.4, -0.2) is 44.2 Å². The summed E-state index contributed by atoms with van der Waals surface area (Å²) < 4.78 is 10.7. The number of carboxylic acid groups (broad SMARTS) is 1. The fourth-order valence-corrected chi connectivity index (χ4v) is 3.77. The molecule has 0 aliphatic carbocycles. The van der Waals surface area contributed by atoms with Gasteiger partial charge in [0.1, 0.15) is 17.1 Å². The molecule has 0 spiro atoms. The Morgan fingerprint density at radius 3 is 2.30 bits per heavy atom. The number of para-hydroxylation sites is 1. The SMILES string of the molecule is CCCCCC(CC(=O)Nc1ccccc1C(=O)NC)c1cc(C(=O)O)c(OC)cc1OC. The maximum atomic E-state index is 13.0. The van der Waals surface area contributed by atoms with E-state index >= 15 is 0 Å². The minimum absolute atomic E-state index is 0.0131. The maximum absolute atomic E-state index is 13.0. The summed E-state index contributed by atoms with van der Waals surface area (Å²) in [5.41, 5.74) is 1.44. The number of carboxylic acids is 1. The minimum Gasteiger partial charge on any atom is -0.496 e. The van der Waals surface area contributed by atoms with E-state index < -0.39 is 5.97 Å². The molecule has 0 aromatic heterocycles. The number of methoxy groups -OCH3 is 2. The van der Waals surface area contributed by atoms with Crippen LogP contribution in [0, 0.1) is 0 Å². The molecule has 2 amide bonds. The lowest BCUT2D eigenvalue weighted by Gasteiger charge is -2.22. The van der Waals surface area contributed by atoms with Gasteiger partial charge >= 0.3 is 5.97 Å². The van der Waals surface area contributed by atoms with Gasteiger partial charge in [0.05, 0.1) is 25.5 Å². The second-order valence-electron chi connectivity index (χ2n) is 7.67. The molecular weight excluding hydrogens is 424 g/mol. The fraction of sp³-hybridized carbons (Fsp3) is 0.400. The minimum atomic E-state index is -1.12. The fourth-order valence-electron chi connectivity index (χ4n) is 3.77. The predicted molar refractivity (Wildman–Crippen MR) is 126 cm³/mol. The summed E-state index contributed by atoms with van der Waals surface area (Å²) in [6.07, 6.45) is 3.66. The van der Waals surface area contributed by atoms with Crippen molar-refractivity contribution in [3.8, 4) is 11.5 Å². The molecule has 0 aliphatic heterocycles. The highest BCUT2D eigenvalue weighted by Crippen LogP contribution is 2.38. The second kappa shape index (κ2) is 12.5. The second-order valence-corrected chi connectivity index (χ2v) is 7.67. The number of hydrogen-bond acceptors (Lipinski definition) is 5. The van der Waals surface area contributed by atoms with Crippen molar-refractivity contribution in [1.82, 2.24) is 5.32 Å². The van der Waals surface area contributed by atoms with E-state index in [4.69, 9.17) is 9.47 Å². The van der Waals surface area contributed by atoms with Gasteiger partial charge in [-0.1, -0.05) is 38.3 Å². The molecule has 0 radical (unpaired) electrons. The number of nitrogens with one attached hydrogen (secondary N) is 2. The van der Waals surface area contributed by atoms with Crippen molar-refractivity contribution in [3.05, 3.63) is 53.1 Å². The molecule has 33 heavy (non-hydrogen) atoms. The molecule has 1 unspecified atom stereocenters. The van der Waals surface area contributed by atoms with E-state index in [0.29, 0.717) is 29.0 Å². The zero-order valence-electron chi connectivity index (χ0n) is 19.6. The van der Waals surface area contributed by atoms with E-state index in [1.54, 1.807) is 30.3 Å². The lowest BCUT2D eigenvalue weighted by molar-refractivity contribution is -0.116. The average Bonchev–Trinajstić information content (AvgIpc) is 2.82. The number of amides is 2. The third-order valence-electron chi connectivity index (χ3n) is 5.48.